The minimum absolute atomic E-state index is 0.00249. The molecule has 6 rings (SSSR count). The molecule has 2 fully saturated rings. The Morgan fingerprint density at radius 3 is 2.61 bits per heavy atom. The van der Waals surface area contributed by atoms with Gasteiger partial charge in [0, 0.05) is 22.6 Å². The number of carbonyl (C=O) groups is 3. The van der Waals surface area contributed by atoms with Gasteiger partial charge >= 0.3 is 234 Å². The summed E-state index contributed by atoms with van der Waals surface area (Å²) >= 11 is 5.31. The number of ketones is 1. The Labute approximate surface area is 268 Å². The second kappa shape index (κ2) is 10.9. The molecule has 2 saturated heterocycles. The number of Topliss-reactive ketones (excluding diaryl/α,β-unsaturated/α-hetero) is 1. The van der Waals surface area contributed by atoms with E-state index in [1.165, 1.54) is 6.92 Å². The number of hydrogen-bond donors (Lipinski definition) is 1. The molecule has 3 atom stereocenters. The monoisotopic (exact) mass is 840 g/mol. The molecule has 1 aromatic carbocycles. The molecular formula is C28H25BrI2N7O3-. The van der Waals surface area contributed by atoms with Crippen LogP contribution in [0, 0.1) is 10.8 Å². The van der Waals surface area contributed by atoms with Gasteiger partial charge in [0.05, 0.1) is 0 Å². The van der Waals surface area contributed by atoms with Gasteiger partial charge in [-0.1, -0.05) is 0 Å². The van der Waals surface area contributed by atoms with Crippen LogP contribution < -0.4 is 26.5 Å². The van der Waals surface area contributed by atoms with Crippen molar-refractivity contribution < 1.29 is 35.6 Å². The molecule has 41 heavy (non-hydrogen) atoms. The van der Waals surface area contributed by atoms with Crippen LogP contribution in [-0.4, -0.2) is 67.2 Å². The molecule has 10 nitrogen and oxygen atoms in total. The molecule has 1 N–H and O–H groups in total. The number of aromatic nitrogens is 5. The summed E-state index contributed by atoms with van der Waals surface area (Å²) in [5.41, 5.74) is 3.49. The number of alkyl halides is 2. The van der Waals surface area contributed by atoms with Crippen LogP contribution in [0.4, 0.5) is 5.82 Å². The normalized spacial score (nSPS) is 21.6. The van der Waals surface area contributed by atoms with Gasteiger partial charge in [-0.3, -0.25) is 0 Å². The van der Waals surface area contributed by atoms with Gasteiger partial charge < -0.3 is 0 Å². The number of rotatable bonds is 6. The molecule has 2 amide bonds. The van der Waals surface area contributed by atoms with Gasteiger partial charge in [0.2, 0.25) is 0 Å². The fourth-order valence-corrected chi connectivity index (χ4v) is 9.85. The summed E-state index contributed by atoms with van der Waals surface area (Å²) in [7, 11) is 0. The molecule has 3 aromatic heterocycles. The summed E-state index contributed by atoms with van der Waals surface area (Å²) in [6.07, 6.45) is 4.11. The third-order valence-corrected chi connectivity index (χ3v) is 12.9. The van der Waals surface area contributed by atoms with E-state index in [4.69, 9.17) is 0 Å². The number of nitrogens with zero attached hydrogens (tertiary/aromatic N) is 6. The Morgan fingerprint density at radius 1 is 1.17 bits per heavy atom. The Kier molecular flexibility index (Phi) is 7.63. The quantitative estimate of drug-likeness (QED) is 0.102. The number of halogens is 3. The maximum absolute atomic E-state index is 14.0. The van der Waals surface area contributed by atoms with Gasteiger partial charge in [-0.15, -0.1) is 0 Å². The van der Waals surface area contributed by atoms with Crippen molar-refractivity contribution in [3.05, 3.63) is 62.4 Å². The van der Waals surface area contributed by atoms with E-state index in [9.17, 15) is 14.4 Å². The summed E-state index contributed by atoms with van der Waals surface area (Å²) in [4.78, 5) is 54.8. The van der Waals surface area contributed by atoms with Crippen molar-refractivity contribution in [2.45, 2.75) is 49.2 Å². The molecular weight excluding hydrogens is 816 g/mol. The second-order valence-corrected chi connectivity index (χ2v) is 16.3. The molecule has 0 aliphatic carbocycles. The third-order valence-electron chi connectivity index (χ3n) is 7.71. The molecule has 212 valence electrons. The molecule has 0 radical (unpaired) electrons. The van der Waals surface area contributed by atoms with E-state index in [0.29, 0.717) is 37.3 Å². The predicted molar refractivity (Wildman–Crippen MR) is 161 cm³/mol. The average Bonchev–Trinajstić information content (AvgIpc) is 3.39. The van der Waals surface area contributed by atoms with Crippen molar-refractivity contribution in [2.75, 3.05) is 9.74 Å². The Hall–Kier alpha value is -2.53. The Balaban J connectivity index is 1.31. The standard InChI is InChI=1S/C28H25BrI2N7O3/c1-14-4-7-22(29)34-25(14)35-26(41)20-9-28(3)21(10-31-28)38(20)23(40)13-37-19-6-5-16(17-11-32-27(30)33-12-17)8-18(19)24(36-37)15(2)39/h4-8,11-12,20-21H,9-10,13H2,1-3H3,(H,34,35,41)/q-1/t20-,21+,28+/m0/s1. The summed E-state index contributed by atoms with van der Waals surface area (Å²) in [6.45, 7) is 5.47. The van der Waals surface area contributed by atoms with Crippen LogP contribution in [0.2, 0.25) is 0 Å². The van der Waals surface area contributed by atoms with Gasteiger partial charge in [-0.2, -0.15) is 0 Å². The summed E-state index contributed by atoms with van der Waals surface area (Å²) in [5.74, 6) is -0.125. The van der Waals surface area contributed by atoms with Crippen LogP contribution in [0.3, 0.4) is 0 Å². The van der Waals surface area contributed by atoms with E-state index in [1.54, 1.807) is 22.0 Å². The van der Waals surface area contributed by atoms with Crippen LogP contribution in [0.1, 0.15) is 36.3 Å². The van der Waals surface area contributed by atoms with E-state index >= 15 is 0 Å². The first kappa shape index (κ1) is 28.6. The summed E-state index contributed by atoms with van der Waals surface area (Å²) in [5, 5.41) is 8.19. The van der Waals surface area contributed by atoms with Gasteiger partial charge in [-0.25, -0.2) is 9.97 Å². The third kappa shape index (κ3) is 5.28. The summed E-state index contributed by atoms with van der Waals surface area (Å²) in [6, 6.07) is 8.80. The SMILES string of the molecule is CC(=O)c1nn(CC(=O)N2[C@H](C(=O)Nc3nc(Br)ccc3C)C[C@@]3(C)[I-]C[C@@H]23)c2ccc(-c3cnc(I)nc3)cc12. The van der Waals surface area contributed by atoms with E-state index in [0.717, 1.165) is 21.1 Å². The first-order chi connectivity index (χ1) is 19.5. The number of anilines is 1. The van der Waals surface area contributed by atoms with Crippen molar-refractivity contribution >= 4 is 72.8 Å². The number of hydrogen-bond acceptors (Lipinski definition) is 7. The number of pyridine rings is 1. The fourth-order valence-electron chi connectivity index (χ4n) is 5.47. The van der Waals surface area contributed by atoms with Crippen LogP contribution >= 0.6 is 38.5 Å². The molecule has 0 bridgehead atoms. The van der Waals surface area contributed by atoms with Crippen molar-refractivity contribution in [3.8, 4) is 11.1 Å². The molecule has 4 aromatic rings. The Bertz CT molecular complexity index is 1730. The van der Waals surface area contributed by atoms with Crippen LogP contribution in [0.25, 0.3) is 22.0 Å². The number of amides is 2. The first-order valence-corrected chi connectivity index (χ1v) is 17.4. The summed E-state index contributed by atoms with van der Waals surface area (Å²) < 4.78 is 3.81. The number of benzene rings is 1. The zero-order chi connectivity index (χ0) is 29.1. The average molecular weight is 841 g/mol. The molecule has 0 unspecified atom stereocenters. The number of nitrogens with one attached hydrogen (secondary N) is 1. The molecule has 2 aliphatic heterocycles. The number of likely N-dealkylation sites (tertiary alicyclic amines) is 1. The van der Waals surface area contributed by atoms with E-state index < -0.39 is 6.04 Å². The number of fused-ring (bicyclic) bond motifs is 2. The first-order valence-electron chi connectivity index (χ1n) is 12.9. The molecule has 2 aliphatic rings. The minimum atomic E-state index is -0.596. The van der Waals surface area contributed by atoms with Gasteiger partial charge in [0.25, 0.3) is 0 Å². The Morgan fingerprint density at radius 2 is 1.93 bits per heavy atom. The van der Waals surface area contributed by atoms with Crippen molar-refractivity contribution in [2.24, 2.45) is 0 Å². The van der Waals surface area contributed by atoms with Crippen LogP contribution in [0.5, 0.6) is 0 Å². The van der Waals surface area contributed by atoms with Crippen molar-refractivity contribution in [1.29, 1.82) is 0 Å². The second-order valence-electron chi connectivity index (χ2n) is 10.4. The zero-order valence-electron chi connectivity index (χ0n) is 22.4. The topological polar surface area (TPSA) is 123 Å². The van der Waals surface area contributed by atoms with Gasteiger partial charge in [0.1, 0.15) is 0 Å². The molecule has 13 heteroatoms. The van der Waals surface area contributed by atoms with Crippen LogP contribution in [0.15, 0.2) is 47.3 Å². The predicted octanol–water partition coefficient (Wildman–Crippen LogP) is 1.24. The van der Waals surface area contributed by atoms with Gasteiger partial charge in [-0.05, 0) is 0 Å². The van der Waals surface area contributed by atoms with E-state index in [-0.39, 0.29) is 54.8 Å². The fraction of sp³-hybridized carbons (Fsp3) is 0.321. The molecule has 0 saturated carbocycles. The molecule has 5 heterocycles. The van der Waals surface area contributed by atoms with E-state index in [1.807, 2.05) is 37.3 Å². The number of aryl methyl sites for hydroxylation is 1. The molecule has 0 spiro atoms. The number of carbonyl (C=O) groups excluding carboxylic acids is 3. The van der Waals surface area contributed by atoms with Crippen molar-refractivity contribution in [1.82, 2.24) is 29.6 Å². The maximum atomic E-state index is 14.0. The van der Waals surface area contributed by atoms with Gasteiger partial charge in [0.15, 0.2) is 3.83 Å². The van der Waals surface area contributed by atoms with Crippen molar-refractivity contribution in [3.63, 3.8) is 0 Å². The van der Waals surface area contributed by atoms with Crippen LogP contribution in [-0.2, 0) is 16.1 Å². The zero-order valence-corrected chi connectivity index (χ0v) is 28.3. The van der Waals surface area contributed by atoms with E-state index in [2.05, 4.69) is 70.8 Å².